The van der Waals surface area contributed by atoms with Crippen molar-refractivity contribution in [3.63, 3.8) is 0 Å². The highest BCUT2D eigenvalue weighted by Crippen LogP contribution is 2.25. The highest BCUT2D eigenvalue weighted by Gasteiger charge is 2.19. The van der Waals surface area contributed by atoms with E-state index in [0.717, 1.165) is 19.7 Å². The number of hydrogen-bond acceptors (Lipinski definition) is 3. The summed E-state index contributed by atoms with van der Waals surface area (Å²) in [7, 11) is 1.74. The van der Waals surface area contributed by atoms with Gasteiger partial charge in [0.15, 0.2) is 0 Å². The summed E-state index contributed by atoms with van der Waals surface area (Å²) in [5.41, 5.74) is 11.4. The Morgan fingerprint density at radius 2 is 1.79 bits per heavy atom. The molecule has 3 heteroatoms. The molecule has 0 aliphatic heterocycles. The third-order valence-electron chi connectivity index (χ3n) is 3.89. The minimum atomic E-state index is 0.277. The van der Waals surface area contributed by atoms with Gasteiger partial charge in [0.25, 0.3) is 0 Å². The molecule has 0 heterocycles. The summed E-state index contributed by atoms with van der Waals surface area (Å²) in [6.07, 6.45) is 0. The molecule has 0 aliphatic rings. The second-order valence-corrected chi connectivity index (χ2v) is 5.17. The van der Waals surface area contributed by atoms with Crippen LogP contribution in [0.5, 0.6) is 0 Å². The van der Waals surface area contributed by atoms with Gasteiger partial charge in [0, 0.05) is 26.2 Å². The second kappa shape index (κ2) is 7.63. The van der Waals surface area contributed by atoms with Gasteiger partial charge < -0.3 is 10.5 Å². The van der Waals surface area contributed by atoms with E-state index in [0.29, 0.717) is 6.54 Å². The topological polar surface area (TPSA) is 38.5 Å². The van der Waals surface area contributed by atoms with Crippen molar-refractivity contribution < 1.29 is 4.74 Å². The van der Waals surface area contributed by atoms with Crippen LogP contribution in [0.25, 0.3) is 0 Å². The minimum absolute atomic E-state index is 0.277. The molecule has 0 spiro atoms. The van der Waals surface area contributed by atoms with Crippen molar-refractivity contribution in [2.45, 2.75) is 33.7 Å². The smallest absolute Gasteiger partial charge is 0.0589 e. The molecule has 0 amide bonds. The SMILES string of the molecule is CCN(CCOC)C(CN)c1cc(C)c(C)cc1C. The molecule has 0 aromatic heterocycles. The quantitative estimate of drug-likeness (QED) is 0.822. The van der Waals surface area contributed by atoms with Crippen LogP contribution in [0.3, 0.4) is 0 Å². The number of nitrogens with two attached hydrogens (primary N) is 1. The molecule has 0 bridgehead atoms. The molecule has 1 unspecified atom stereocenters. The standard InChI is InChI=1S/C16H28N2O/c1-6-18(7-8-19-5)16(11-17)15-10-13(3)12(2)9-14(15)4/h9-10,16H,6-8,11,17H2,1-5H3. The van der Waals surface area contributed by atoms with E-state index in [1.54, 1.807) is 7.11 Å². The average Bonchev–Trinajstić information content (AvgIpc) is 2.39. The lowest BCUT2D eigenvalue weighted by Gasteiger charge is -2.31. The van der Waals surface area contributed by atoms with Gasteiger partial charge >= 0.3 is 0 Å². The largest absolute Gasteiger partial charge is 0.383 e. The van der Waals surface area contributed by atoms with Crippen molar-refractivity contribution in [3.8, 4) is 0 Å². The van der Waals surface area contributed by atoms with E-state index in [2.05, 4.69) is 44.7 Å². The maximum absolute atomic E-state index is 6.03. The lowest BCUT2D eigenvalue weighted by atomic mass is 9.95. The molecule has 19 heavy (non-hydrogen) atoms. The summed E-state index contributed by atoms with van der Waals surface area (Å²) >= 11 is 0. The lowest BCUT2D eigenvalue weighted by Crippen LogP contribution is -2.36. The first-order valence-electron chi connectivity index (χ1n) is 7.05. The van der Waals surface area contributed by atoms with Gasteiger partial charge in [0.2, 0.25) is 0 Å². The van der Waals surface area contributed by atoms with Gasteiger partial charge in [0.05, 0.1) is 6.61 Å². The molecule has 0 fully saturated rings. The number of ether oxygens (including phenoxy) is 1. The van der Waals surface area contributed by atoms with Crippen molar-refractivity contribution in [1.82, 2.24) is 4.90 Å². The van der Waals surface area contributed by atoms with E-state index in [1.165, 1.54) is 22.3 Å². The Bertz CT molecular complexity index is 404. The first-order chi connectivity index (χ1) is 9.04. The van der Waals surface area contributed by atoms with Crippen LogP contribution in [0.4, 0.5) is 0 Å². The number of hydrogen-bond donors (Lipinski definition) is 1. The summed E-state index contributed by atoms with van der Waals surface area (Å²) in [5, 5.41) is 0. The van der Waals surface area contributed by atoms with E-state index in [9.17, 15) is 0 Å². The molecule has 2 N–H and O–H groups in total. The van der Waals surface area contributed by atoms with Crippen molar-refractivity contribution in [1.29, 1.82) is 0 Å². The Balaban J connectivity index is 3.04. The molecule has 108 valence electrons. The van der Waals surface area contributed by atoms with Crippen LogP contribution in [-0.2, 0) is 4.74 Å². The van der Waals surface area contributed by atoms with Gasteiger partial charge in [-0.2, -0.15) is 0 Å². The van der Waals surface area contributed by atoms with Gasteiger partial charge in [-0.1, -0.05) is 19.1 Å². The fraction of sp³-hybridized carbons (Fsp3) is 0.625. The molecule has 0 saturated heterocycles. The van der Waals surface area contributed by atoms with E-state index in [4.69, 9.17) is 10.5 Å². The highest BCUT2D eigenvalue weighted by molar-refractivity contribution is 5.38. The zero-order valence-corrected chi connectivity index (χ0v) is 13.0. The van der Waals surface area contributed by atoms with Crippen molar-refractivity contribution in [3.05, 3.63) is 34.4 Å². The van der Waals surface area contributed by atoms with Gasteiger partial charge in [-0.3, -0.25) is 4.90 Å². The number of nitrogens with zero attached hydrogens (tertiary/aromatic N) is 1. The fourth-order valence-electron chi connectivity index (χ4n) is 2.56. The lowest BCUT2D eigenvalue weighted by molar-refractivity contribution is 0.125. The molecule has 1 rings (SSSR count). The predicted octanol–water partition coefficient (Wildman–Crippen LogP) is 2.58. The van der Waals surface area contributed by atoms with Crippen LogP contribution in [0.1, 0.15) is 35.2 Å². The Kier molecular flexibility index (Phi) is 6.49. The van der Waals surface area contributed by atoms with Crippen molar-refractivity contribution in [2.24, 2.45) is 5.73 Å². The van der Waals surface area contributed by atoms with Crippen molar-refractivity contribution >= 4 is 0 Å². The zero-order valence-electron chi connectivity index (χ0n) is 13.0. The first kappa shape index (κ1) is 16.2. The van der Waals surface area contributed by atoms with E-state index in [1.807, 2.05) is 0 Å². The summed E-state index contributed by atoms with van der Waals surface area (Å²) in [4.78, 5) is 2.39. The molecule has 1 aromatic rings. The molecule has 0 aliphatic carbocycles. The van der Waals surface area contributed by atoms with Crippen LogP contribution >= 0.6 is 0 Å². The van der Waals surface area contributed by atoms with Crippen molar-refractivity contribution in [2.75, 3.05) is 33.4 Å². The highest BCUT2D eigenvalue weighted by atomic mass is 16.5. The van der Waals surface area contributed by atoms with Crippen LogP contribution in [0.2, 0.25) is 0 Å². The maximum atomic E-state index is 6.03. The Labute approximate surface area is 117 Å². The van der Waals surface area contributed by atoms with Crippen LogP contribution in [-0.4, -0.2) is 38.3 Å². The molecular formula is C16H28N2O. The first-order valence-corrected chi connectivity index (χ1v) is 7.05. The Hall–Kier alpha value is -0.900. The van der Waals surface area contributed by atoms with Gasteiger partial charge in [0.1, 0.15) is 0 Å². The number of benzene rings is 1. The molecule has 0 radical (unpaired) electrons. The van der Waals surface area contributed by atoms with E-state index < -0.39 is 0 Å². The number of rotatable bonds is 7. The third kappa shape index (κ3) is 4.03. The summed E-state index contributed by atoms with van der Waals surface area (Å²) in [6, 6.07) is 4.83. The summed E-state index contributed by atoms with van der Waals surface area (Å²) < 4.78 is 5.20. The molecule has 1 atom stereocenters. The molecule has 3 nitrogen and oxygen atoms in total. The molecule has 0 saturated carbocycles. The van der Waals surface area contributed by atoms with E-state index in [-0.39, 0.29) is 6.04 Å². The second-order valence-electron chi connectivity index (χ2n) is 5.17. The number of likely N-dealkylation sites (N-methyl/N-ethyl adjacent to an activating group) is 1. The number of aryl methyl sites for hydroxylation is 3. The van der Waals surface area contributed by atoms with Gasteiger partial charge in [-0.15, -0.1) is 0 Å². The minimum Gasteiger partial charge on any atom is -0.383 e. The van der Waals surface area contributed by atoms with Gasteiger partial charge in [-0.25, -0.2) is 0 Å². The molecule has 1 aromatic carbocycles. The number of methoxy groups -OCH3 is 1. The average molecular weight is 264 g/mol. The van der Waals surface area contributed by atoms with Crippen LogP contribution < -0.4 is 5.73 Å². The third-order valence-corrected chi connectivity index (χ3v) is 3.89. The molecular weight excluding hydrogens is 236 g/mol. The monoisotopic (exact) mass is 264 g/mol. The predicted molar refractivity (Wildman–Crippen MR) is 81.6 cm³/mol. The van der Waals surface area contributed by atoms with Gasteiger partial charge in [-0.05, 0) is 49.6 Å². The fourth-order valence-corrected chi connectivity index (χ4v) is 2.56. The summed E-state index contributed by atoms with van der Waals surface area (Å²) in [5.74, 6) is 0. The van der Waals surface area contributed by atoms with Crippen LogP contribution in [0.15, 0.2) is 12.1 Å². The summed E-state index contributed by atoms with van der Waals surface area (Å²) in [6.45, 7) is 12.0. The maximum Gasteiger partial charge on any atom is 0.0589 e. The zero-order chi connectivity index (χ0) is 14.4. The Morgan fingerprint density at radius 3 is 2.32 bits per heavy atom. The normalized spacial score (nSPS) is 13.0. The van der Waals surface area contributed by atoms with Crippen LogP contribution in [0, 0.1) is 20.8 Å². The van der Waals surface area contributed by atoms with E-state index >= 15 is 0 Å². The Morgan fingerprint density at radius 1 is 1.16 bits per heavy atom.